The highest BCUT2D eigenvalue weighted by molar-refractivity contribution is 8.00. The smallest absolute Gasteiger partial charge is 0.184 e. The Morgan fingerprint density at radius 3 is 1.45 bits per heavy atom. The van der Waals surface area contributed by atoms with Gasteiger partial charge in [0.2, 0.25) is 0 Å². The van der Waals surface area contributed by atoms with E-state index in [2.05, 4.69) is 6.92 Å². The zero-order valence-corrected chi connectivity index (χ0v) is 12.9. The normalized spacial score (nSPS) is 12.9. The van der Waals surface area contributed by atoms with Gasteiger partial charge >= 0.3 is 11.4 Å². The summed E-state index contributed by atoms with van der Waals surface area (Å²) in [6.45, 7) is 2.17. The molecule has 0 saturated heterocycles. The molecule has 0 fully saturated rings. The predicted molar refractivity (Wildman–Crippen MR) is 75.3 cm³/mol. The lowest BCUT2D eigenvalue weighted by molar-refractivity contribution is -0.237. The van der Waals surface area contributed by atoms with Crippen molar-refractivity contribution in [1.82, 2.24) is 0 Å². The van der Waals surface area contributed by atoms with Crippen molar-refractivity contribution in [1.29, 1.82) is 0 Å². The molecule has 0 unspecified atom stereocenters. The lowest BCUT2D eigenvalue weighted by Gasteiger charge is -2.18. The molecular weight excluding hydrogens is 295 g/mol. The number of thioether (sulfide) groups is 1. The maximum absolute atomic E-state index is 12.5. The molecule has 0 amide bonds. The lowest BCUT2D eigenvalue weighted by Crippen LogP contribution is -2.33. The number of rotatable bonds is 12. The maximum Gasteiger partial charge on any atom is 0.464 e. The Kier molecular flexibility index (Phi) is 10.7. The van der Waals surface area contributed by atoms with E-state index in [1.54, 1.807) is 0 Å². The summed E-state index contributed by atoms with van der Waals surface area (Å²) >= 11 is -0.295. The lowest BCUT2D eigenvalue weighted by atomic mass is 10.1. The molecule has 0 atom stereocenters. The third kappa shape index (κ3) is 9.83. The summed E-state index contributed by atoms with van der Waals surface area (Å²) < 4.78 is 60.7. The summed E-state index contributed by atoms with van der Waals surface area (Å²) in [4.78, 5) is 0. The molecule has 0 rings (SSSR count). The molecule has 0 N–H and O–H groups in total. The van der Waals surface area contributed by atoms with Gasteiger partial charge in [-0.15, -0.1) is 0 Å². The first-order chi connectivity index (χ1) is 9.31. The van der Waals surface area contributed by atoms with Crippen molar-refractivity contribution in [2.24, 2.45) is 0 Å². The van der Waals surface area contributed by atoms with Crippen molar-refractivity contribution < 1.29 is 22.0 Å². The fourth-order valence-corrected chi connectivity index (χ4v) is 2.64. The van der Waals surface area contributed by atoms with Gasteiger partial charge in [-0.05, 0) is 12.2 Å². The monoisotopic (exact) mass is 320 g/mol. The van der Waals surface area contributed by atoms with Crippen LogP contribution >= 0.6 is 11.8 Å². The first kappa shape index (κ1) is 20.0. The van der Waals surface area contributed by atoms with Gasteiger partial charge in [0.05, 0.1) is 0 Å². The van der Waals surface area contributed by atoms with Gasteiger partial charge < -0.3 is 0 Å². The first-order valence-electron chi connectivity index (χ1n) is 7.39. The SMILES string of the molecule is CCCCCCCCCCCCSC(F)(F)C(F)(F)F. The fourth-order valence-electron chi connectivity index (χ4n) is 1.87. The van der Waals surface area contributed by atoms with E-state index in [1.165, 1.54) is 32.1 Å². The average Bonchev–Trinajstić information content (AvgIpc) is 2.34. The minimum absolute atomic E-state index is 0.136. The predicted octanol–water partition coefficient (Wildman–Crippen LogP) is 6.80. The third-order valence-corrected chi connectivity index (χ3v) is 4.20. The third-order valence-electron chi connectivity index (χ3n) is 3.11. The van der Waals surface area contributed by atoms with E-state index in [1.807, 2.05) is 0 Å². The van der Waals surface area contributed by atoms with Crippen LogP contribution in [0.15, 0.2) is 0 Å². The second-order valence-electron chi connectivity index (χ2n) is 5.04. The number of alkyl halides is 5. The van der Waals surface area contributed by atoms with Gasteiger partial charge in [0.15, 0.2) is 0 Å². The summed E-state index contributed by atoms with van der Waals surface area (Å²) in [7, 11) is 0. The van der Waals surface area contributed by atoms with E-state index in [9.17, 15) is 22.0 Å². The highest BCUT2D eigenvalue weighted by atomic mass is 32.2. The van der Waals surface area contributed by atoms with Crippen LogP contribution in [0.5, 0.6) is 0 Å². The van der Waals surface area contributed by atoms with E-state index >= 15 is 0 Å². The molecule has 0 nitrogen and oxygen atoms in total. The highest BCUT2D eigenvalue weighted by Crippen LogP contribution is 2.44. The molecule has 20 heavy (non-hydrogen) atoms. The van der Waals surface area contributed by atoms with Crippen LogP contribution in [0.2, 0.25) is 0 Å². The molecule has 0 radical (unpaired) electrons. The Morgan fingerprint density at radius 1 is 0.650 bits per heavy atom. The van der Waals surface area contributed by atoms with Crippen LogP contribution in [0, 0.1) is 0 Å². The van der Waals surface area contributed by atoms with Gasteiger partial charge in [0.25, 0.3) is 0 Å². The minimum Gasteiger partial charge on any atom is -0.184 e. The van der Waals surface area contributed by atoms with Gasteiger partial charge in [-0.25, -0.2) is 0 Å². The summed E-state index contributed by atoms with van der Waals surface area (Å²) in [6.07, 6.45) is 5.01. The Bertz CT molecular complexity index is 228. The summed E-state index contributed by atoms with van der Waals surface area (Å²) in [6, 6.07) is 0. The molecule has 0 aromatic rings. The number of halogens is 5. The van der Waals surface area contributed by atoms with E-state index < -0.39 is 11.4 Å². The molecule has 0 spiro atoms. The summed E-state index contributed by atoms with van der Waals surface area (Å²) in [5.74, 6) is -0.136. The zero-order chi connectivity index (χ0) is 15.5. The summed E-state index contributed by atoms with van der Waals surface area (Å²) in [5, 5.41) is -4.60. The van der Waals surface area contributed by atoms with Crippen molar-refractivity contribution in [3.05, 3.63) is 0 Å². The molecule has 0 aliphatic heterocycles. The molecule has 6 heteroatoms. The Hall–Kier alpha value is -0.0000000000000000555. The van der Waals surface area contributed by atoms with E-state index in [-0.39, 0.29) is 17.5 Å². The van der Waals surface area contributed by atoms with Crippen LogP contribution in [0.25, 0.3) is 0 Å². The van der Waals surface area contributed by atoms with Crippen LogP contribution in [-0.2, 0) is 0 Å². The molecular formula is C14H25F5S. The van der Waals surface area contributed by atoms with Crippen molar-refractivity contribution >= 4 is 11.8 Å². The van der Waals surface area contributed by atoms with E-state index in [0.717, 1.165) is 25.7 Å². The number of hydrogen-bond acceptors (Lipinski definition) is 1. The van der Waals surface area contributed by atoms with Gasteiger partial charge in [-0.3, -0.25) is 0 Å². The number of unbranched alkanes of at least 4 members (excludes halogenated alkanes) is 9. The maximum atomic E-state index is 12.5. The molecule has 0 aromatic heterocycles. The van der Waals surface area contributed by atoms with Gasteiger partial charge in [-0.2, -0.15) is 22.0 Å². The summed E-state index contributed by atoms with van der Waals surface area (Å²) in [5.41, 5.74) is 0. The molecule has 122 valence electrons. The topological polar surface area (TPSA) is 0 Å². The van der Waals surface area contributed by atoms with Gasteiger partial charge in [0.1, 0.15) is 0 Å². The molecule has 0 bridgehead atoms. The van der Waals surface area contributed by atoms with Crippen LogP contribution in [0.4, 0.5) is 22.0 Å². The van der Waals surface area contributed by atoms with Crippen molar-refractivity contribution in [3.63, 3.8) is 0 Å². The molecule has 0 aliphatic rings. The van der Waals surface area contributed by atoms with E-state index in [0.29, 0.717) is 6.42 Å². The molecule has 0 aliphatic carbocycles. The highest BCUT2D eigenvalue weighted by Gasteiger charge is 2.57. The van der Waals surface area contributed by atoms with Crippen LogP contribution in [-0.4, -0.2) is 17.2 Å². The van der Waals surface area contributed by atoms with Gasteiger partial charge in [-0.1, -0.05) is 76.5 Å². The average molecular weight is 320 g/mol. The number of hydrogen-bond donors (Lipinski definition) is 0. The van der Waals surface area contributed by atoms with E-state index in [4.69, 9.17) is 0 Å². The van der Waals surface area contributed by atoms with Gasteiger partial charge in [0, 0.05) is 0 Å². The van der Waals surface area contributed by atoms with Crippen LogP contribution < -0.4 is 0 Å². The Balaban J connectivity index is 3.33. The minimum atomic E-state index is -5.43. The second-order valence-corrected chi connectivity index (χ2v) is 6.25. The molecule has 0 heterocycles. The van der Waals surface area contributed by atoms with Crippen molar-refractivity contribution in [2.45, 2.75) is 82.6 Å². The quantitative estimate of drug-likeness (QED) is 0.281. The van der Waals surface area contributed by atoms with Crippen LogP contribution in [0.1, 0.15) is 71.1 Å². The van der Waals surface area contributed by atoms with Crippen LogP contribution in [0.3, 0.4) is 0 Å². The molecule has 0 saturated carbocycles. The zero-order valence-electron chi connectivity index (χ0n) is 12.1. The Morgan fingerprint density at radius 2 is 1.05 bits per heavy atom. The standard InChI is InChI=1S/C14H25F5S/c1-2-3-4-5-6-7-8-9-10-11-12-20-14(18,19)13(15,16)17/h2-12H2,1H3. The fraction of sp³-hybridized carbons (Fsp3) is 1.00. The largest absolute Gasteiger partial charge is 0.464 e. The Labute approximate surface area is 122 Å². The molecule has 0 aromatic carbocycles. The van der Waals surface area contributed by atoms with Crippen molar-refractivity contribution in [2.75, 3.05) is 5.75 Å². The van der Waals surface area contributed by atoms with Crippen molar-refractivity contribution in [3.8, 4) is 0 Å². The first-order valence-corrected chi connectivity index (χ1v) is 8.38. The second kappa shape index (κ2) is 10.7.